The van der Waals surface area contributed by atoms with Gasteiger partial charge in [-0.1, -0.05) is 6.07 Å². The Kier molecular flexibility index (Phi) is 5.32. The lowest BCUT2D eigenvalue weighted by Crippen LogP contribution is -2.17. The summed E-state index contributed by atoms with van der Waals surface area (Å²) in [5.74, 6) is 0. The van der Waals surface area contributed by atoms with Gasteiger partial charge < -0.3 is 10.5 Å². The molecule has 0 fully saturated rings. The van der Waals surface area contributed by atoms with Crippen LogP contribution in [0.15, 0.2) is 18.3 Å². The molecule has 0 spiro atoms. The third kappa shape index (κ3) is 3.85. The number of nitrogens with two attached hydrogens (primary N) is 1. The van der Waals surface area contributed by atoms with E-state index < -0.39 is 0 Å². The van der Waals surface area contributed by atoms with Crippen LogP contribution in [0.3, 0.4) is 0 Å². The van der Waals surface area contributed by atoms with Gasteiger partial charge in [0.1, 0.15) is 0 Å². The van der Waals surface area contributed by atoms with E-state index in [1.807, 2.05) is 13.1 Å². The maximum atomic E-state index is 8.95. The largest absolute Gasteiger partial charge is 0.471 e. The van der Waals surface area contributed by atoms with Crippen molar-refractivity contribution in [2.24, 2.45) is 5.73 Å². The van der Waals surface area contributed by atoms with Crippen LogP contribution in [0.5, 0.6) is 0 Å². The number of aromatic amines is 1. The van der Waals surface area contributed by atoms with E-state index in [2.05, 4.69) is 34.0 Å². The van der Waals surface area contributed by atoms with Crippen LogP contribution in [0.1, 0.15) is 18.1 Å². The van der Waals surface area contributed by atoms with Gasteiger partial charge in [-0.25, -0.2) is 0 Å². The fourth-order valence-corrected chi connectivity index (χ4v) is 1.80. The maximum Gasteiger partial charge on any atom is 0.292 e. The Morgan fingerprint density at radius 3 is 2.78 bits per heavy atom. The molecule has 0 aliphatic heterocycles. The lowest BCUT2D eigenvalue weighted by atomic mass is 10.0. The predicted octanol–water partition coefficient (Wildman–Crippen LogP) is 1.55. The molecule has 5 nitrogen and oxygen atoms in total. The van der Waals surface area contributed by atoms with E-state index in [4.69, 9.17) is 10.5 Å². The molecule has 1 atom stereocenters. The molecule has 1 aromatic heterocycles. The van der Waals surface area contributed by atoms with Crippen LogP contribution in [-0.4, -0.2) is 29.8 Å². The zero-order valence-electron chi connectivity index (χ0n) is 10.9. The van der Waals surface area contributed by atoms with Crippen LogP contribution in [0.2, 0.25) is 0 Å². The minimum absolute atomic E-state index is 0.207. The van der Waals surface area contributed by atoms with Crippen LogP contribution in [0.25, 0.3) is 10.9 Å². The van der Waals surface area contributed by atoms with Crippen LogP contribution < -0.4 is 5.73 Å². The predicted molar refractivity (Wildman–Crippen MR) is 71.3 cm³/mol. The van der Waals surface area contributed by atoms with Crippen molar-refractivity contribution in [1.29, 1.82) is 0 Å². The van der Waals surface area contributed by atoms with Gasteiger partial charge in [0.2, 0.25) is 0 Å². The molecule has 98 valence electrons. The van der Waals surface area contributed by atoms with Crippen molar-refractivity contribution < 1.29 is 9.53 Å². The molecule has 0 saturated carbocycles. The van der Waals surface area contributed by atoms with Crippen molar-refractivity contribution in [3.8, 4) is 0 Å². The van der Waals surface area contributed by atoms with Crippen molar-refractivity contribution in [3.05, 3.63) is 29.5 Å². The first-order valence-electron chi connectivity index (χ1n) is 5.73. The monoisotopic (exact) mass is 249 g/mol. The topological polar surface area (TPSA) is 81.0 Å². The summed E-state index contributed by atoms with van der Waals surface area (Å²) in [7, 11) is 1.31. The number of benzene rings is 1. The summed E-state index contributed by atoms with van der Waals surface area (Å²) in [6.45, 7) is 4.49. The molecular weight excluding hydrogens is 230 g/mol. The molecule has 0 amide bonds. The number of fused-ring (bicyclic) bond motifs is 1. The highest BCUT2D eigenvalue weighted by molar-refractivity contribution is 5.81. The summed E-state index contributed by atoms with van der Waals surface area (Å²) in [6.07, 6.45) is 2.77. The number of hydrogen-bond donors (Lipinski definition) is 2. The average Bonchev–Trinajstić information content (AvgIpc) is 2.77. The quantitative estimate of drug-likeness (QED) is 0.809. The second-order valence-corrected chi connectivity index (χ2v) is 4.26. The van der Waals surface area contributed by atoms with E-state index in [0.717, 1.165) is 11.9 Å². The van der Waals surface area contributed by atoms with Gasteiger partial charge in [-0.05, 0) is 37.5 Å². The van der Waals surface area contributed by atoms with Crippen LogP contribution in [-0.2, 0) is 16.0 Å². The number of aryl methyl sites for hydroxylation is 1. The number of rotatable bonds is 3. The molecule has 0 bridgehead atoms. The molecule has 1 unspecified atom stereocenters. The molecule has 2 aromatic rings. The van der Waals surface area contributed by atoms with Gasteiger partial charge in [-0.3, -0.25) is 9.89 Å². The second-order valence-electron chi connectivity index (χ2n) is 4.26. The summed E-state index contributed by atoms with van der Waals surface area (Å²) in [5.41, 5.74) is 9.41. The van der Waals surface area contributed by atoms with E-state index >= 15 is 0 Å². The highest BCUT2D eigenvalue weighted by Gasteiger charge is 2.04. The summed E-state index contributed by atoms with van der Waals surface area (Å²) in [5, 5.41) is 8.18. The Balaban J connectivity index is 0.000000357. The first-order chi connectivity index (χ1) is 8.58. The normalized spacial score (nSPS) is 11.6. The smallest absolute Gasteiger partial charge is 0.292 e. The molecule has 0 aliphatic carbocycles. The number of carbonyl (C=O) groups is 1. The highest BCUT2D eigenvalue weighted by Crippen LogP contribution is 2.18. The zero-order valence-corrected chi connectivity index (χ0v) is 10.9. The molecule has 5 heteroatoms. The number of methoxy groups -OCH3 is 1. The van der Waals surface area contributed by atoms with Gasteiger partial charge in [0.05, 0.1) is 18.8 Å². The minimum Gasteiger partial charge on any atom is -0.471 e. The lowest BCUT2D eigenvalue weighted by Gasteiger charge is -2.06. The second kappa shape index (κ2) is 6.76. The average molecular weight is 249 g/mol. The summed E-state index contributed by atoms with van der Waals surface area (Å²) in [6, 6.07) is 4.53. The van der Waals surface area contributed by atoms with E-state index in [1.54, 1.807) is 0 Å². The third-order valence-electron chi connectivity index (χ3n) is 2.46. The van der Waals surface area contributed by atoms with Gasteiger partial charge >= 0.3 is 0 Å². The Morgan fingerprint density at radius 1 is 1.56 bits per heavy atom. The fraction of sp³-hybridized carbons (Fsp3) is 0.385. The Bertz CT molecular complexity index is 506. The zero-order chi connectivity index (χ0) is 13.5. The van der Waals surface area contributed by atoms with E-state index in [9.17, 15) is 0 Å². The van der Waals surface area contributed by atoms with Crippen LogP contribution in [0, 0.1) is 6.92 Å². The minimum atomic E-state index is 0.207. The number of nitrogens with zero attached hydrogens (tertiary/aromatic N) is 1. The first kappa shape index (κ1) is 14.2. The molecule has 3 N–H and O–H groups in total. The fourth-order valence-electron chi connectivity index (χ4n) is 1.80. The van der Waals surface area contributed by atoms with Gasteiger partial charge in [-0.15, -0.1) is 0 Å². The SMILES string of the molecule is COC=O.Cc1cc(CC(C)N)cc2cn[nH]c12. The molecule has 0 saturated heterocycles. The number of hydrogen-bond acceptors (Lipinski definition) is 4. The molecule has 2 rings (SSSR count). The number of nitrogens with one attached hydrogen (secondary N) is 1. The number of H-pyrrole nitrogens is 1. The Hall–Kier alpha value is -1.88. The van der Waals surface area contributed by atoms with E-state index in [-0.39, 0.29) is 6.04 Å². The van der Waals surface area contributed by atoms with Crippen molar-refractivity contribution in [2.75, 3.05) is 7.11 Å². The first-order valence-corrected chi connectivity index (χ1v) is 5.73. The van der Waals surface area contributed by atoms with Crippen molar-refractivity contribution >= 4 is 17.4 Å². The molecular formula is C13H19N3O2. The molecule has 0 radical (unpaired) electrons. The summed E-state index contributed by atoms with van der Waals surface area (Å²) >= 11 is 0. The molecule has 0 aliphatic rings. The van der Waals surface area contributed by atoms with Gasteiger partial charge in [0.15, 0.2) is 0 Å². The Morgan fingerprint density at radius 2 is 2.22 bits per heavy atom. The van der Waals surface area contributed by atoms with Crippen molar-refractivity contribution in [1.82, 2.24) is 10.2 Å². The van der Waals surface area contributed by atoms with Crippen LogP contribution in [0.4, 0.5) is 0 Å². The third-order valence-corrected chi connectivity index (χ3v) is 2.46. The lowest BCUT2D eigenvalue weighted by molar-refractivity contribution is -0.126. The van der Waals surface area contributed by atoms with Crippen LogP contribution >= 0.6 is 0 Å². The molecule has 18 heavy (non-hydrogen) atoms. The van der Waals surface area contributed by atoms with E-state index in [0.29, 0.717) is 6.47 Å². The standard InChI is InChI=1S/C11H15N3.C2H4O2/c1-7-3-9(4-8(2)12)5-10-6-13-14-11(7)10;1-4-2-3/h3,5-6,8H,4,12H2,1-2H3,(H,13,14);2H,1H3. The van der Waals surface area contributed by atoms with Crippen molar-refractivity contribution in [2.45, 2.75) is 26.3 Å². The van der Waals surface area contributed by atoms with Gasteiger partial charge in [0, 0.05) is 11.4 Å². The Labute approximate surface area is 106 Å². The molecule has 1 heterocycles. The number of carbonyl (C=O) groups excluding carboxylic acids is 1. The van der Waals surface area contributed by atoms with Crippen molar-refractivity contribution in [3.63, 3.8) is 0 Å². The highest BCUT2D eigenvalue weighted by atomic mass is 16.5. The summed E-state index contributed by atoms with van der Waals surface area (Å²) in [4.78, 5) is 8.95. The number of aromatic nitrogens is 2. The summed E-state index contributed by atoms with van der Waals surface area (Å²) < 4.78 is 3.86. The number of ether oxygens (including phenoxy) is 1. The van der Waals surface area contributed by atoms with Gasteiger partial charge in [0.25, 0.3) is 6.47 Å². The van der Waals surface area contributed by atoms with E-state index in [1.165, 1.54) is 23.6 Å². The van der Waals surface area contributed by atoms with Gasteiger partial charge in [-0.2, -0.15) is 5.10 Å². The maximum absolute atomic E-state index is 8.95. The molecule has 1 aromatic carbocycles.